The number of aromatic nitrogens is 1. The van der Waals surface area contributed by atoms with E-state index in [1.54, 1.807) is 12.3 Å². The highest BCUT2D eigenvalue weighted by Crippen LogP contribution is 2.37. The number of fused-ring (bicyclic) bond motifs is 3. The number of pyridine rings is 1. The fourth-order valence-corrected chi connectivity index (χ4v) is 2.67. The van der Waals surface area contributed by atoms with Gasteiger partial charge in [0.25, 0.3) is 0 Å². The average molecular weight is 201 g/mol. The van der Waals surface area contributed by atoms with E-state index in [4.69, 9.17) is 0 Å². The maximum Gasteiger partial charge on any atom is 0.133 e. The van der Waals surface area contributed by atoms with Crippen LogP contribution >= 0.6 is 11.3 Å². The summed E-state index contributed by atoms with van der Waals surface area (Å²) in [6.07, 6.45) is 1.77. The zero-order valence-corrected chi connectivity index (χ0v) is 8.08. The summed E-state index contributed by atoms with van der Waals surface area (Å²) in [5.41, 5.74) is 0. The first-order valence-corrected chi connectivity index (χ1v) is 5.13. The Bertz CT molecular complexity index is 615. The lowest BCUT2D eigenvalue weighted by Crippen LogP contribution is -1.68. The van der Waals surface area contributed by atoms with Gasteiger partial charge in [0.1, 0.15) is 10.6 Å². The number of hydrogen-bond acceptors (Lipinski definition) is 3. The summed E-state index contributed by atoms with van der Waals surface area (Å²) in [6.45, 7) is 0. The van der Waals surface area contributed by atoms with Gasteiger partial charge in [-0.15, -0.1) is 11.3 Å². The normalized spacial score (nSPS) is 11.1. The fourth-order valence-electron chi connectivity index (χ4n) is 1.62. The van der Waals surface area contributed by atoms with Crippen molar-refractivity contribution < 1.29 is 5.11 Å². The second kappa shape index (κ2) is 2.69. The van der Waals surface area contributed by atoms with E-state index >= 15 is 0 Å². The molecule has 0 saturated heterocycles. The highest BCUT2D eigenvalue weighted by atomic mass is 32.1. The number of thiophene rings is 1. The molecule has 0 unspecified atom stereocenters. The molecule has 0 bridgehead atoms. The van der Waals surface area contributed by atoms with Crippen LogP contribution in [0.1, 0.15) is 0 Å². The van der Waals surface area contributed by atoms with Crippen molar-refractivity contribution in [3.63, 3.8) is 0 Å². The topological polar surface area (TPSA) is 33.1 Å². The van der Waals surface area contributed by atoms with E-state index in [-0.39, 0.29) is 0 Å². The standard InChI is InChI=1S/C11H7NOS/c13-9-5-1-3-7-8-4-2-6-12-11(8)14-10(7)9/h1-6,13H. The van der Waals surface area contributed by atoms with Gasteiger partial charge in [-0.2, -0.15) is 0 Å². The Balaban J connectivity index is 2.63. The molecule has 0 aliphatic carbocycles. The van der Waals surface area contributed by atoms with Gasteiger partial charge in [0.05, 0.1) is 4.70 Å². The predicted octanol–water partition coefficient (Wildman–Crippen LogP) is 3.16. The molecule has 0 atom stereocenters. The smallest absolute Gasteiger partial charge is 0.133 e. The molecule has 2 nitrogen and oxygen atoms in total. The Kier molecular flexibility index (Phi) is 1.49. The number of phenolic OH excluding ortho intramolecular Hbond substituents is 1. The number of phenols is 1. The third-order valence-corrected chi connectivity index (χ3v) is 3.41. The molecule has 0 aliphatic rings. The van der Waals surface area contributed by atoms with Crippen molar-refractivity contribution >= 4 is 31.6 Å². The predicted molar refractivity (Wildman–Crippen MR) is 58.8 cm³/mol. The van der Waals surface area contributed by atoms with Gasteiger partial charge in [-0.1, -0.05) is 12.1 Å². The van der Waals surface area contributed by atoms with Crippen LogP contribution in [0.4, 0.5) is 0 Å². The van der Waals surface area contributed by atoms with Gasteiger partial charge in [0.2, 0.25) is 0 Å². The maximum absolute atomic E-state index is 9.65. The van der Waals surface area contributed by atoms with Crippen molar-refractivity contribution in [1.82, 2.24) is 4.98 Å². The lowest BCUT2D eigenvalue weighted by Gasteiger charge is -1.92. The second-order valence-corrected chi connectivity index (χ2v) is 4.11. The van der Waals surface area contributed by atoms with Crippen LogP contribution in [0.15, 0.2) is 36.5 Å². The minimum Gasteiger partial charge on any atom is -0.506 e. The number of rotatable bonds is 0. The zero-order chi connectivity index (χ0) is 9.54. The van der Waals surface area contributed by atoms with Crippen molar-refractivity contribution in [2.45, 2.75) is 0 Å². The van der Waals surface area contributed by atoms with Crippen LogP contribution in [0.2, 0.25) is 0 Å². The number of aromatic hydroxyl groups is 1. The summed E-state index contributed by atoms with van der Waals surface area (Å²) in [6, 6.07) is 9.52. The number of benzene rings is 1. The summed E-state index contributed by atoms with van der Waals surface area (Å²) >= 11 is 1.53. The van der Waals surface area contributed by atoms with Gasteiger partial charge in [-0.25, -0.2) is 4.98 Å². The Morgan fingerprint density at radius 2 is 1.93 bits per heavy atom. The molecule has 0 saturated carbocycles. The highest BCUT2D eigenvalue weighted by molar-refractivity contribution is 7.25. The fraction of sp³-hybridized carbons (Fsp3) is 0. The molecule has 68 valence electrons. The van der Waals surface area contributed by atoms with E-state index in [1.807, 2.05) is 24.3 Å². The van der Waals surface area contributed by atoms with E-state index < -0.39 is 0 Å². The van der Waals surface area contributed by atoms with Crippen LogP contribution in [0.3, 0.4) is 0 Å². The summed E-state index contributed by atoms with van der Waals surface area (Å²) in [5.74, 6) is 0.338. The van der Waals surface area contributed by atoms with E-state index in [0.29, 0.717) is 5.75 Å². The molecule has 1 N–H and O–H groups in total. The Hall–Kier alpha value is -1.61. The minimum atomic E-state index is 0.338. The van der Waals surface area contributed by atoms with E-state index in [0.717, 1.165) is 20.3 Å². The molecule has 3 heteroatoms. The van der Waals surface area contributed by atoms with Crippen LogP contribution < -0.4 is 0 Å². The Morgan fingerprint density at radius 3 is 2.86 bits per heavy atom. The first kappa shape index (κ1) is 7.76. The van der Waals surface area contributed by atoms with Gasteiger partial charge in [0.15, 0.2) is 0 Å². The lowest BCUT2D eigenvalue weighted by atomic mass is 10.2. The highest BCUT2D eigenvalue weighted by Gasteiger charge is 2.07. The maximum atomic E-state index is 9.65. The molecule has 0 amide bonds. The second-order valence-electron chi connectivity index (χ2n) is 3.11. The van der Waals surface area contributed by atoms with Crippen LogP contribution in [0, 0.1) is 0 Å². The first-order valence-electron chi connectivity index (χ1n) is 4.31. The van der Waals surface area contributed by atoms with Crippen molar-refractivity contribution in [3.05, 3.63) is 36.5 Å². The molecule has 0 radical (unpaired) electrons. The van der Waals surface area contributed by atoms with Crippen molar-refractivity contribution in [2.24, 2.45) is 0 Å². The molecular weight excluding hydrogens is 194 g/mol. The lowest BCUT2D eigenvalue weighted by molar-refractivity contribution is 0.482. The molecular formula is C11H7NOS. The molecule has 1 aromatic carbocycles. The van der Waals surface area contributed by atoms with Crippen LogP contribution in [-0.2, 0) is 0 Å². The minimum absolute atomic E-state index is 0.338. The molecule has 0 spiro atoms. The molecule has 2 heterocycles. The zero-order valence-electron chi connectivity index (χ0n) is 7.27. The quantitative estimate of drug-likeness (QED) is 0.606. The largest absolute Gasteiger partial charge is 0.506 e. The van der Waals surface area contributed by atoms with E-state index in [2.05, 4.69) is 4.98 Å². The van der Waals surface area contributed by atoms with Crippen LogP contribution in [-0.4, -0.2) is 10.1 Å². The van der Waals surface area contributed by atoms with Gasteiger partial charge in [0, 0.05) is 17.0 Å². The van der Waals surface area contributed by atoms with Gasteiger partial charge in [-0.05, 0) is 18.2 Å². The third kappa shape index (κ3) is 0.930. The monoisotopic (exact) mass is 201 g/mol. The molecule has 0 fully saturated rings. The summed E-state index contributed by atoms with van der Waals surface area (Å²) < 4.78 is 0.918. The SMILES string of the molecule is Oc1cccc2c1sc1ncccc12. The van der Waals surface area contributed by atoms with Crippen LogP contribution in [0.25, 0.3) is 20.3 Å². The number of hydrogen-bond donors (Lipinski definition) is 1. The Labute approximate surface area is 84.4 Å². The molecule has 3 aromatic rings. The Morgan fingerprint density at radius 1 is 1.07 bits per heavy atom. The number of nitrogens with zero attached hydrogens (tertiary/aromatic N) is 1. The van der Waals surface area contributed by atoms with Crippen LogP contribution in [0.5, 0.6) is 5.75 Å². The summed E-state index contributed by atoms with van der Waals surface area (Å²) in [7, 11) is 0. The third-order valence-electron chi connectivity index (χ3n) is 2.25. The first-order chi connectivity index (χ1) is 6.86. The van der Waals surface area contributed by atoms with Crippen molar-refractivity contribution in [1.29, 1.82) is 0 Å². The molecule has 0 aliphatic heterocycles. The van der Waals surface area contributed by atoms with Crippen molar-refractivity contribution in [3.8, 4) is 5.75 Å². The molecule has 2 aromatic heterocycles. The molecule has 3 rings (SSSR count). The van der Waals surface area contributed by atoms with E-state index in [1.165, 1.54) is 11.3 Å². The average Bonchev–Trinajstić information content (AvgIpc) is 2.59. The molecule has 14 heavy (non-hydrogen) atoms. The van der Waals surface area contributed by atoms with Crippen molar-refractivity contribution in [2.75, 3.05) is 0 Å². The summed E-state index contributed by atoms with van der Waals surface area (Å²) in [5, 5.41) is 11.9. The van der Waals surface area contributed by atoms with Gasteiger partial charge < -0.3 is 5.11 Å². The van der Waals surface area contributed by atoms with Gasteiger partial charge >= 0.3 is 0 Å². The van der Waals surface area contributed by atoms with Gasteiger partial charge in [-0.3, -0.25) is 0 Å². The van der Waals surface area contributed by atoms with E-state index in [9.17, 15) is 5.11 Å². The summed E-state index contributed by atoms with van der Waals surface area (Å²) in [4.78, 5) is 5.24.